The van der Waals surface area contributed by atoms with Crippen molar-refractivity contribution in [2.24, 2.45) is 4.99 Å². The van der Waals surface area contributed by atoms with Gasteiger partial charge in [-0.2, -0.15) is 4.99 Å². The molecule has 0 saturated carbocycles. The third kappa shape index (κ3) is 3.15. The quantitative estimate of drug-likeness (QED) is 0.511. The topological polar surface area (TPSA) is 71.7 Å². The SMILES string of the molecule is C#CCn1c(=NC(=O)c2ccc(N3C(=O)CCC3=O)cc2)sc2ccccc21. The zero-order valence-corrected chi connectivity index (χ0v) is 15.6. The van der Waals surface area contributed by atoms with Crippen LogP contribution in [-0.4, -0.2) is 22.3 Å². The lowest BCUT2D eigenvalue weighted by Crippen LogP contribution is -2.28. The second-order valence-corrected chi connectivity index (χ2v) is 7.24. The molecule has 6 nitrogen and oxygen atoms in total. The number of rotatable bonds is 3. The smallest absolute Gasteiger partial charge is 0.279 e. The van der Waals surface area contributed by atoms with Gasteiger partial charge in [-0.1, -0.05) is 29.4 Å². The molecule has 1 aliphatic heterocycles. The molecule has 1 saturated heterocycles. The van der Waals surface area contributed by atoms with E-state index >= 15 is 0 Å². The van der Waals surface area contributed by atoms with E-state index in [-0.39, 0.29) is 24.7 Å². The van der Waals surface area contributed by atoms with Gasteiger partial charge in [0.1, 0.15) is 0 Å². The van der Waals surface area contributed by atoms with Gasteiger partial charge in [0.25, 0.3) is 5.91 Å². The number of hydrogen-bond donors (Lipinski definition) is 0. The average molecular weight is 389 g/mol. The molecule has 1 fully saturated rings. The first-order chi connectivity index (χ1) is 13.6. The van der Waals surface area contributed by atoms with Gasteiger partial charge in [-0.25, -0.2) is 0 Å². The molecule has 7 heteroatoms. The van der Waals surface area contributed by atoms with Crippen molar-refractivity contribution in [3.05, 3.63) is 58.9 Å². The summed E-state index contributed by atoms with van der Waals surface area (Å²) in [5.41, 5.74) is 1.76. The molecule has 3 amide bonds. The van der Waals surface area contributed by atoms with Crippen molar-refractivity contribution in [3.8, 4) is 12.3 Å². The summed E-state index contributed by atoms with van der Waals surface area (Å²) in [6, 6.07) is 14.0. The third-order valence-electron chi connectivity index (χ3n) is 4.46. The molecule has 0 radical (unpaired) electrons. The van der Waals surface area contributed by atoms with Gasteiger partial charge in [0.05, 0.1) is 22.4 Å². The molecular formula is C21H15N3O3S. The minimum atomic E-state index is -0.414. The molecule has 0 bridgehead atoms. The van der Waals surface area contributed by atoms with Crippen molar-refractivity contribution in [2.45, 2.75) is 19.4 Å². The molecule has 1 aliphatic rings. The Morgan fingerprint density at radius 2 is 1.75 bits per heavy atom. The first kappa shape index (κ1) is 17.9. The Balaban J connectivity index is 1.68. The fourth-order valence-corrected chi connectivity index (χ4v) is 4.15. The predicted octanol–water partition coefficient (Wildman–Crippen LogP) is 2.73. The number of anilines is 1. The number of carbonyl (C=O) groups excluding carboxylic acids is 3. The maximum absolute atomic E-state index is 12.6. The van der Waals surface area contributed by atoms with E-state index < -0.39 is 5.91 Å². The first-order valence-corrected chi connectivity index (χ1v) is 9.47. The molecule has 28 heavy (non-hydrogen) atoms. The van der Waals surface area contributed by atoms with E-state index in [0.29, 0.717) is 22.6 Å². The summed E-state index contributed by atoms with van der Waals surface area (Å²) < 4.78 is 2.82. The van der Waals surface area contributed by atoms with E-state index in [2.05, 4.69) is 10.9 Å². The van der Waals surface area contributed by atoms with E-state index in [4.69, 9.17) is 6.42 Å². The van der Waals surface area contributed by atoms with Crippen molar-refractivity contribution in [3.63, 3.8) is 0 Å². The highest BCUT2D eigenvalue weighted by atomic mass is 32.1. The van der Waals surface area contributed by atoms with Crippen LogP contribution in [0.15, 0.2) is 53.5 Å². The number of nitrogens with zero attached hydrogens (tertiary/aromatic N) is 3. The van der Waals surface area contributed by atoms with Gasteiger partial charge in [0, 0.05) is 18.4 Å². The summed E-state index contributed by atoms with van der Waals surface area (Å²) in [5, 5.41) is 0. The van der Waals surface area contributed by atoms with Gasteiger partial charge in [-0.3, -0.25) is 19.3 Å². The number of hydrogen-bond acceptors (Lipinski definition) is 4. The van der Waals surface area contributed by atoms with E-state index in [0.717, 1.165) is 15.1 Å². The monoisotopic (exact) mass is 389 g/mol. The summed E-state index contributed by atoms with van der Waals surface area (Å²) in [5.74, 6) is 1.72. The lowest BCUT2D eigenvalue weighted by molar-refractivity contribution is -0.121. The molecule has 2 heterocycles. The number of para-hydroxylation sites is 1. The van der Waals surface area contributed by atoms with Crippen LogP contribution in [0.4, 0.5) is 5.69 Å². The lowest BCUT2D eigenvalue weighted by Gasteiger charge is -2.13. The van der Waals surface area contributed by atoms with Crippen LogP contribution in [0.25, 0.3) is 10.2 Å². The third-order valence-corrected chi connectivity index (χ3v) is 5.52. The largest absolute Gasteiger partial charge is 0.305 e. The Labute approximate surface area is 164 Å². The Bertz CT molecular complexity index is 1200. The number of imide groups is 1. The van der Waals surface area contributed by atoms with Crippen LogP contribution in [0.3, 0.4) is 0 Å². The lowest BCUT2D eigenvalue weighted by atomic mass is 10.2. The number of carbonyl (C=O) groups is 3. The maximum atomic E-state index is 12.6. The molecule has 0 atom stereocenters. The summed E-state index contributed by atoms with van der Waals surface area (Å²) in [4.78, 5) is 42.2. The van der Waals surface area contributed by atoms with Crippen LogP contribution in [0, 0.1) is 12.3 Å². The van der Waals surface area contributed by atoms with Gasteiger partial charge < -0.3 is 4.57 Å². The first-order valence-electron chi connectivity index (χ1n) is 8.65. The summed E-state index contributed by atoms with van der Waals surface area (Å²) >= 11 is 1.39. The number of fused-ring (bicyclic) bond motifs is 1. The van der Waals surface area contributed by atoms with E-state index in [1.807, 2.05) is 28.8 Å². The molecule has 3 aromatic rings. The molecule has 0 aliphatic carbocycles. The van der Waals surface area contributed by atoms with Crippen molar-refractivity contribution in [1.82, 2.24) is 4.57 Å². The van der Waals surface area contributed by atoms with Gasteiger partial charge in [-0.15, -0.1) is 6.42 Å². The predicted molar refractivity (Wildman–Crippen MR) is 107 cm³/mol. The molecule has 0 unspecified atom stereocenters. The second-order valence-electron chi connectivity index (χ2n) is 6.23. The highest BCUT2D eigenvalue weighted by molar-refractivity contribution is 7.16. The molecule has 2 aromatic carbocycles. The molecule has 0 N–H and O–H groups in total. The molecule has 4 rings (SSSR count). The molecule has 0 spiro atoms. The Morgan fingerprint density at radius 1 is 1.07 bits per heavy atom. The molecule has 1 aromatic heterocycles. The Morgan fingerprint density at radius 3 is 2.43 bits per heavy atom. The molecular weight excluding hydrogens is 374 g/mol. The standard InChI is InChI=1S/C21H15N3O3S/c1-2-13-23-16-5-3-4-6-17(16)28-21(23)22-20(27)14-7-9-15(10-8-14)24-18(25)11-12-19(24)26/h1,3-10H,11-13H2. The summed E-state index contributed by atoms with van der Waals surface area (Å²) in [7, 11) is 0. The number of terminal acetylenes is 1. The zero-order valence-electron chi connectivity index (χ0n) is 14.8. The number of aromatic nitrogens is 1. The molecule has 138 valence electrons. The maximum Gasteiger partial charge on any atom is 0.279 e. The Hall–Kier alpha value is -3.50. The normalized spacial score (nSPS) is 14.7. The van der Waals surface area contributed by atoms with Crippen LogP contribution >= 0.6 is 11.3 Å². The van der Waals surface area contributed by atoms with E-state index in [1.165, 1.54) is 11.3 Å². The van der Waals surface area contributed by atoms with Crippen molar-refractivity contribution in [1.29, 1.82) is 0 Å². The fraction of sp³-hybridized carbons (Fsp3) is 0.143. The van der Waals surface area contributed by atoms with Gasteiger partial charge in [0.2, 0.25) is 11.8 Å². The zero-order chi connectivity index (χ0) is 19.7. The van der Waals surface area contributed by atoms with Gasteiger partial charge in [-0.05, 0) is 36.4 Å². The van der Waals surface area contributed by atoms with Crippen LogP contribution < -0.4 is 9.70 Å². The fourth-order valence-electron chi connectivity index (χ4n) is 3.12. The highest BCUT2D eigenvalue weighted by Gasteiger charge is 2.30. The highest BCUT2D eigenvalue weighted by Crippen LogP contribution is 2.23. The average Bonchev–Trinajstić information content (AvgIpc) is 3.22. The van der Waals surface area contributed by atoms with Crippen LogP contribution in [-0.2, 0) is 16.1 Å². The minimum Gasteiger partial charge on any atom is -0.305 e. The minimum absolute atomic E-state index is 0.218. The van der Waals surface area contributed by atoms with Gasteiger partial charge >= 0.3 is 0 Å². The number of thiazole rings is 1. The number of amides is 3. The summed E-state index contributed by atoms with van der Waals surface area (Å²) in [6.07, 6.45) is 5.90. The van der Waals surface area contributed by atoms with Crippen LogP contribution in [0.2, 0.25) is 0 Å². The second kappa shape index (κ2) is 7.25. The summed E-state index contributed by atoms with van der Waals surface area (Å²) in [6.45, 7) is 0.314. The van der Waals surface area contributed by atoms with Crippen molar-refractivity contribution < 1.29 is 14.4 Å². The van der Waals surface area contributed by atoms with Crippen molar-refractivity contribution in [2.75, 3.05) is 4.90 Å². The van der Waals surface area contributed by atoms with E-state index in [1.54, 1.807) is 24.3 Å². The van der Waals surface area contributed by atoms with Crippen molar-refractivity contribution >= 4 is 45.0 Å². The number of benzene rings is 2. The Kier molecular flexibility index (Phi) is 4.63. The van der Waals surface area contributed by atoms with Gasteiger partial charge in [0.15, 0.2) is 4.80 Å². The van der Waals surface area contributed by atoms with Crippen LogP contribution in [0.1, 0.15) is 23.2 Å². The van der Waals surface area contributed by atoms with E-state index in [9.17, 15) is 14.4 Å². The van der Waals surface area contributed by atoms with Crippen LogP contribution in [0.5, 0.6) is 0 Å².